The molecular weight excluding hydrogens is 250 g/mol. The Kier molecular flexibility index (Phi) is 4.75. The summed E-state index contributed by atoms with van der Waals surface area (Å²) in [6.45, 7) is 14.5. The molecule has 0 aromatic carbocycles. The fourth-order valence-corrected chi connectivity index (χ4v) is 3.68. The van der Waals surface area contributed by atoms with Crippen molar-refractivity contribution in [3.8, 4) is 0 Å². The van der Waals surface area contributed by atoms with E-state index in [1.165, 1.54) is 19.3 Å². The van der Waals surface area contributed by atoms with Gasteiger partial charge in [0.25, 0.3) is 0 Å². The molecular formula is C16H31N3O. The molecule has 0 aliphatic carbocycles. The maximum Gasteiger partial charge on any atom is 0.242 e. The number of nitrogens with one attached hydrogen (secondary N) is 1. The minimum atomic E-state index is -0.361. The van der Waals surface area contributed by atoms with Gasteiger partial charge in [0.1, 0.15) is 0 Å². The summed E-state index contributed by atoms with van der Waals surface area (Å²) in [5.74, 6) is 0.322. The third-order valence-corrected chi connectivity index (χ3v) is 5.66. The zero-order chi connectivity index (χ0) is 14.8. The second kappa shape index (κ2) is 6.02. The van der Waals surface area contributed by atoms with Crippen molar-refractivity contribution in [2.75, 3.05) is 39.3 Å². The summed E-state index contributed by atoms with van der Waals surface area (Å²) in [5, 5.41) is 3.36. The number of hydrogen-bond acceptors (Lipinski definition) is 3. The lowest BCUT2D eigenvalue weighted by Crippen LogP contribution is -2.60. The Morgan fingerprint density at radius 2 is 1.75 bits per heavy atom. The summed E-state index contributed by atoms with van der Waals surface area (Å²) in [4.78, 5) is 17.4. The van der Waals surface area contributed by atoms with Crippen LogP contribution < -0.4 is 5.32 Å². The molecule has 2 heterocycles. The molecule has 2 saturated heterocycles. The van der Waals surface area contributed by atoms with Crippen LogP contribution >= 0.6 is 0 Å². The van der Waals surface area contributed by atoms with Gasteiger partial charge in [0.15, 0.2) is 0 Å². The van der Waals surface area contributed by atoms with Gasteiger partial charge in [-0.3, -0.25) is 9.69 Å². The van der Waals surface area contributed by atoms with Crippen LogP contribution in [0.4, 0.5) is 0 Å². The van der Waals surface area contributed by atoms with Crippen LogP contribution in [0, 0.1) is 5.41 Å². The molecule has 0 saturated carbocycles. The summed E-state index contributed by atoms with van der Waals surface area (Å²) >= 11 is 0. The molecule has 0 spiro atoms. The van der Waals surface area contributed by atoms with E-state index in [1.807, 2.05) is 0 Å². The van der Waals surface area contributed by atoms with Crippen LogP contribution in [0.3, 0.4) is 0 Å². The summed E-state index contributed by atoms with van der Waals surface area (Å²) in [7, 11) is 0. The predicted molar refractivity (Wildman–Crippen MR) is 82.7 cm³/mol. The van der Waals surface area contributed by atoms with E-state index in [4.69, 9.17) is 0 Å². The largest absolute Gasteiger partial charge is 0.341 e. The van der Waals surface area contributed by atoms with Crippen LogP contribution in [-0.4, -0.2) is 60.5 Å². The van der Waals surface area contributed by atoms with Crippen LogP contribution in [0.25, 0.3) is 0 Å². The lowest BCUT2D eigenvalue weighted by Gasteiger charge is -2.42. The van der Waals surface area contributed by atoms with Gasteiger partial charge in [-0.15, -0.1) is 0 Å². The second-order valence-corrected chi connectivity index (χ2v) is 6.98. The van der Waals surface area contributed by atoms with Crippen molar-refractivity contribution in [3.05, 3.63) is 0 Å². The molecule has 20 heavy (non-hydrogen) atoms. The molecule has 2 aliphatic rings. The number of nitrogens with zero attached hydrogens (tertiary/aromatic N) is 2. The lowest BCUT2D eigenvalue weighted by molar-refractivity contribution is -0.142. The van der Waals surface area contributed by atoms with E-state index < -0.39 is 0 Å². The Hall–Kier alpha value is -0.610. The van der Waals surface area contributed by atoms with Gasteiger partial charge in [0.05, 0.1) is 5.54 Å². The van der Waals surface area contributed by atoms with E-state index in [9.17, 15) is 4.79 Å². The van der Waals surface area contributed by atoms with E-state index >= 15 is 0 Å². The monoisotopic (exact) mass is 281 g/mol. The maximum absolute atomic E-state index is 12.9. The third kappa shape index (κ3) is 2.86. The molecule has 4 heteroatoms. The Morgan fingerprint density at radius 1 is 1.15 bits per heavy atom. The van der Waals surface area contributed by atoms with Crippen LogP contribution in [0.2, 0.25) is 0 Å². The first-order chi connectivity index (χ1) is 9.45. The van der Waals surface area contributed by atoms with Crippen molar-refractivity contribution < 1.29 is 4.79 Å². The normalized spacial score (nSPS) is 24.1. The molecule has 4 nitrogen and oxygen atoms in total. The average Bonchev–Trinajstić information content (AvgIpc) is 2.92. The van der Waals surface area contributed by atoms with Gasteiger partial charge in [-0.05, 0) is 38.5 Å². The summed E-state index contributed by atoms with van der Waals surface area (Å²) in [5.41, 5.74) is 0.00879. The molecule has 0 radical (unpaired) electrons. The van der Waals surface area contributed by atoms with Gasteiger partial charge in [-0.2, -0.15) is 0 Å². The molecule has 0 aromatic rings. The molecule has 2 fully saturated rings. The number of carbonyl (C=O) groups is 1. The van der Waals surface area contributed by atoms with Gasteiger partial charge >= 0.3 is 0 Å². The molecule has 2 rings (SSSR count). The molecule has 1 amide bonds. The van der Waals surface area contributed by atoms with Crippen molar-refractivity contribution in [2.45, 2.75) is 52.5 Å². The highest BCUT2D eigenvalue weighted by Gasteiger charge is 2.43. The number of piperazine rings is 1. The van der Waals surface area contributed by atoms with Crippen molar-refractivity contribution >= 4 is 5.91 Å². The third-order valence-electron chi connectivity index (χ3n) is 5.66. The Balaban J connectivity index is 2.03. The van der Waals surface area contributed by atoms with Crippen LogP contribution in [0.15, 0.2) is 0 Å². The van der Waals surface area contributed by atoms with Gasteiger partial charge in [-0.1, -0.05) is 13.8 Å². The number of hydrogen-bond donors (Lipinski definition) is 1. The van der Waals surface area contributed by atoms with Crippen LogP contribution in [0.1, 0.15) is 47.0 Å². The number of likely N-dealkylation sites (tertiary alicyclic amines) is 1. The first-order valence-corrected chi connectivity index (χ1v) is 8.20. The van der Waals surface area contributed by atoms with Crippen LogP contribution in [-0.2, 0) is 4.79 Å². The van der Waals surface area contributed by atoms with Crippen molar-refractivity contribution in [2.24, 2.45) is 5.41 Å². The molecule has 2 aliphatic heterocycles. The van der Waals surface area contributed by atoms with Crippen molar-refractivity contribution in [1.82, 2.24) is 15.1 Å². The highest BCUT2D eigenvalue weighted by molar-refractivity contribution is 5.85. The highest BCUT2D eigenvalue weighted by Crippen LogP contribution is 2.38. The first-order valence-electron chi connectivity index (χ1n) is 8.20. The predicted octanol–water partition coefficient (Wildman–Crippen LogP) is 1.71. The molecule has 0 bridgehead atoms. The summed E-state index contributed by atoms with van der Waals surface area (Å²) in [6.07, 6.45) is 3.53. The van der Waals surface area contributed by atoms with Crippen LogP contribution in [0.5, 0.6) is 0 Å². The summed E-state index contributed by atoms with van der Waals surface area (Å²) in [6, 6.07) is 0. The average molecular weight is 281 g/mol. The molecule has 0 unspecified atom stereocenters. The standard InChI is InChI=1S/C16H31N3O/c1-5-16(6-2)7-10-18(13-16)14(20)15(3,4)19-11-8-17-9-12-19/h17H,5-13H2,1-4H3. The Bertz CT molecular complexity index is 344. The van der Waals surface area contributed by atoms with E-state index in [1.54, 1.807) is 0 Å². The van der Waals surface area contributed by atoms with Crippen molar-refractivity contribution in [1.29, 1.82) is 0 Å². The summed E-state index contributed by atoms with van der Waals surface area (Å²) < 4.78 is 0. The topological polar surface area (TPSA) is 35.6 Å². The maximum atomic E-state index is 12.9. The van der Waals surface area contributed by atoms with E-state index in [0.29, 0.717) is 11.3 Å². The minimum Gasteiger partial charge on any atom is -0.341 e. The zero-order valence-electron chi connectivity index (χ0n) is 13.7. The van der Waals surface area contributed by atoms with E-state index in [0.717, 1.165) is 39.3 Å². The SMILES string of the molecule is CCC1(CC)CCN(C(=O)C(C)(C)N2CCNCC2)C1. The minimum absolute atomic E-state index is 0.322. The van der Waals surface area contributed by atoms with E-state index in [2.05, 4.69) is 42.8 Å². The van der Waals surface area contributed by atoms with Gasteiger partial charge in [-0.25, -0.2) is 0 Å². The molecule has 0 aromatic heterocycles. The lowest BCUT2D eigenvalue weighted by atomic mass is 9.82. The van der Waals surface area contributed by atoms with Gasteiger partial charge in [0.2, 0.25) is 5.91 Å². The number of rotatable bonds is 4. The molecule has 1 N–H and O–H groups in total. The van der Waals surface area contributed by atoms with E-state index in [-0.39, 0.29) is 5.54 Å². The highest BCUT2D eigenvalue weighted by atomic mass is 16.2. The molecule has 0 atom stereocenters. The Morgan fingerprint density at radius 3 is 2.25 bits per heavy atom. The van der Waals surface area contributed by atoms with Crippen molar-refractivity contribution in [3.63, 3.8) is 0 Å². The smallest absolute Gasteiger partial charge is 0.242 e. The fourth-order valence-electron chi connectivity index (χ4n) is 3.68. The Labute approximate surface area is 123 Å². The van der Waals surface area contributed by atoms with Gasteiger partial charge < -0.3 is 10.2 Å². The molecule has 116 valence electrons. The quantitative estimate of drug-likeness (QED) is 0.852. The first kappa shape index (κ1) is 15.8. The number of amides is 1. The van der Waals surface area contributed by atoms with Gasteiger partial charge in [0, 0.05) is 39.3 Å². The number of carbonyl (C=O) groups excluding carboxylic acids is 1. The fraction of sp³-hybridized carbons (Fsp3) is 0.938. The zero-order valence-corrected chi connectivity index (χ0v) is 13.7. The second-order valence-electron chi connectivity index (χ2n) is 6.98.